The first-order chi connectivity index (χ1) is 8.38. The highest BCUT2D eigenvalue weighted by atomic mass is 32.1. The van der Waals surface area contributed by atoms with Gasteiger partial charge in [-0.15, -0.1) is 11.3 Å². The van der Waals surface area contributed by atoms with E-state index in [1.54, 1.807) is 0 Å². The van der Waals surface area contributed by atoms with Crippen LogP contribution in [0.25, 0.3) is 0 Å². The summed E-state index contributed by atoms with van der Waals surface area (Å²) < 4.78 is 6.91. The van der Waals surface area contributed by atoms with E-state index < -0.39 is 11.7 Å². The van der Waals surface area contributed by atoms with Crippen LogP contribution in [0.4, 0.5) is 4.79 Å². The maximum Gasteiger partial charge on any atom is 0.407 e. The second-order valence-electron chi connectivity index (χ2n) is 4.71. The molecule has 0 atom stereocenters. The molecule has 0 aliphatic carbocycles. The summed E-state index contributed by atoms with van der Waals surface area (Å²) >= 11 is 1.39. The van der Waals surface area contributed by atoms with Crippen molar-refractivity contribution in [3.63, 3.8) is 0 Å². The smallest absolute Gasteiger partial charge is 0.407 e. The Morgan fingerprint density at radius 3 is 2.83 bits per heavy atom. The predicted molar refractivity (Wildman–Crippen MR) is 71.5 cm³/mol. The first kappa shape index (κ1) is 14.5. The fourth-order valence-corrected chi connectivity index (χ4v) is 1.78. The fraction of sp³-hybridized carbons (Fsp3) is 0.500. The number of alkyl carbamates (subject to hydrolysis) is 1. The monoisotopic (exact) mass is 269 g/mol. The zero-order chi connectivity index (χ0) is 13.6. The molecule has 1 aromatic heterocycles. The molecule has 6 heteroatoms. The fourth-order valence-electron chi connectivity index (χ4n) is 1.18. The molecule has 0 saturated carbocycles. The van der Waals surface area contributed by atoms with Crippen LogP contribution < -0.4 is 10.1 Å². The van der Waals surface area contributed by atoms with Crippen LogP contribution in [-0.2, 0) is 11.3 Å². The summed E-state index contributed by atoms with van der Waals surface area (Å²) in [5.41, 5.74) is -0.472. The van der Waals surface area contributed by atoms with Crippen LogP contribution in [0.3, 0.4) is 0 Å². The molecule has 1 aromatic rings. The molecule has 2 N–H and O–H groups in total. The van der Waals surface area contributed by atoms with Crippen molar-refractivity contribution in [1.82, 2.24) is 9.88 Å². The third-order valence-electron chi connectivity index (χ3n) is 1.91. The number of carbonyl (C=O) groups excluding carboxylic acids is 1. The average molecular weight is 269 g/mol. The van der Waals surface area contributed by atoms with Crippen LogP contribution in [0, 0.1) is 5.41 Å². The highest BCUT2D eigenvalue weighted by Gasteiger charge is 2.14. The van der Waals surface area contributed by atoms with Crippen LogP contribution in [-0.4, -0.2) is 22.8 Å². The SMILES string of the molecule is CC(C)(C)OC(=O)NCC=CCn1ccsc1=N. The summed E-state index contributed by atoms with van der Waals surface area (Å²) in [6, 6.07) is 0. The molecule has 0 spiro atoms. The molecular weight excluding hydrogens is 250 g/mol. The van der Waals surface area contributed by atoms with E-state index in [1.807, 2.05) is 49.1 Å². The Morgan fingerprint density at radius 2 is 2.28 bits per heavy atom. The first-order valence-corrected chi connectivity index (χ1v) is 6.57. The molecule has 100 valence electrons. The Hall–Kier alpha value is -1.56. The van der Waals surface area contributed by atoms with Crippen LogP contribution in [0.2, 0.25) is 0 Å². The second-order valence-corrected chi connectivity index (χ2v) is 5.61. The molecule has 18 heavy (non-hydrogen) atoms. The number of thiazole rings is 1. The molecule has 0 aliphatic heterocycles. The van der Waals surface area contributed by atoms with Gasteiger partial charge < -0.3 is 14.6 Å². The molecule has 0 radical (unpaired) electrons. The van der Waals surface area contributed by atoms with Crippen LogP contribution in [0.5, 0.6) is 0 Å². The van der Waals surface area contributed by atoms with Crippen molar-refractivity contribution >= 4 is 17.4 Å². The number of ether oxygens (including phenoxy) is 1. The number of aromatic nitrogens is 1. The van der Waals surface area contributed by atoms with E-state index in [0.717, 1.165) is 0 Å². The van der Waals surface area contributed by atoms with Crippen molar-refractivity contribution in [1.29, 1.82) is 5.41 Å². The van der Waals surface area contributed by atoms with Gasteiger partial charge in [0.25, 0.3) is 0 Å². The van der Waals surface area contributed by atoms with Gasteiger partial charge in [-0.2, -0.15) is 0 Å². The van der Waals surface area contributed by atoms with Gasteiger partial charge >= 0.3 is 6.09 Å². The zero-order valence-corrected chi connectivity index (χ0v) is 11.7. The van der Waals surface area contributed by atoms with Gasteiger partial charge in [0, 0.05) is 24.7 Å². The van der Waals surface area contributed by atoms with E-state index in [1.165, 1.54) is 11.3 Å². The van der Waals surface area contributed by atoms with E-state index >= 15 is 0 Å². The minimum Gasteiger partial charge on any atom is -0.444 e. The third kappa shape index (κ3) is 5.67. The molecule has 1 amide bonds. The van der Waals surface area contributed by atoms with Gasteiger partial charge in [0.05, 0.1) is 0 Å². The standard InChI is InChI=1S/C12H19N3O2S/c1-12(2,3)17-11(16)14-6-4-5-7-15-8-9-18-10(15)13/h4-5,8-9,13H,6-7H2,1-3H3,(H,14,16). The van der Waals surface area contributed by atoms with Crippen molar-refractivity contribution in [2.75, 3.05) is 6.54 Å². The largest absolute Gasteiger partial charge is 0.444 e. The number of allylic oxidation sites excluding steroid dienone is 1. The van der Waals surface area contributed by atoms with E-state index in [2.05, 4.69) is 5.32 Å². The number of hydrogen-bond donors (Lipinski definition) is 2. The Morgan fingerprint density at radius 1 is 1.56 bits per heavy atom. The summed E-state index contributed by atoms with van der Waals surface area (Å²) in [5.74, 6) is 0. The minimum atomic E-state index is -0.472. The lowest BCUT2D eigenvalue weighted by atomic mass is 10.2. The van der Waals surface area contributed by atoms with Crippen molar-refractivity contribution in [3.8, 4) is 0 Å². The molecule has 0 aromatic carbocycles. The summed E-state index contributed by atoms with van der Waals surface area (Å²) in [4.78, 5) is 11.8. The quantitative estimate of drug-likeness (QED) is 0.822. The van der Waals surface area contributed by atoms with E-state index in [-0.39, 0.29) is 0 Å². The van der Waals surface area contributed by atoms with Crippen molar-refractivity contribution in [2.45, 2.75) is 32.9 Å². The number of amides is 1. The van der Waals surface area contributed by atoms with Gasteiger partial charge in [-0.25, -0.2) is 4.79 Å². The molecule has 1 heterocycles. The van der Waals surface area contributed by atoms with E-state index in [4.69, 9.17) is 10.1 Å². The molecule has 0 bridgehead atoms. The zero-order valence-electron chi connectivity index (χ0n) is 10.9. The minimum absolute atomic E-state index is 0.420. The van der Waals surface area contributed by atoms with Gasteiger partial charge in [-0.1, -0.05) is 12.2 Å². The Balaban J connectivity index is 2.24. The van der Waals surface area contributed by atoms with Gasteiger partial charge in [0.15, 0.2) is 4.80 Å². The normalized spacial score (nSPS) is 11.7. The molecular formula is C12H19N3O2S. The highest BCUT2D eigenvalue weighted by Crippen LogP contribution is 2.06. The lowest BCUT2D eigenvalue weighted by Crippen LogP contribution is -2.32. The molecule has 0 unspecified atom stereocenters. The van der Waals surface area contributed by atoms with Gasteiger partial charge in [-0.3, -0.25) is 5.41 Å². The molecule has 0 saturated heterocycles. The van der Waals surface area contributed by atoms with E-state index in [9.17, 15) is 4.79 Å². The second kappa shape index (κ2) is 6.39. The molecule has 0 aliphatic rings. The Kier molecular flexibility index (Phi) is 5.15. The summed E-state index contributed by atoms with van der Waals surface area (Å²) in [7, 11) is 0. The highest BCUT2D eigenvalue weighted by molar-refractivity contribution is 7.06. The first-order valence-electron chi connectivity index (χ1n) is 5.69. The number of nitrogens with zero attached hydrogens (tertiary/aromatic N) is 1. The maximum atomic E-state index is 11.3. The predicted octanol–water partition coefficient (Wildman–Crippen LogP) is 2.11. The van der Waals surface area contributed by atoms with Gasteiger partial charge in [0.2, 0.25) is 0 Å². The number of rotatable bonds is 4. The van der Waals surface area contributed by atoms with Crippen molar-refractivity contribution in [2.24, 2.45) is 0 Å². The lowest BCUT2D eigenvalue weighted by molar-refractivity contribution is 0.0534. The maximum absolute atomic E-state index is 11.3. The average Bonchev–Trinajstić information content (AvgIpc) is 2.61. The summed E-state index contributed by atoms with van der Waals surface area (Å²) in [6.45, 7) is 6.54. The Labute approximate surface area is 111 Å². The van der Waals surface area contributed by atoms with Crippen LogP contribution in [0.1, 0.15) is 20.8 Å². The van der Waals surface area contributed by atoms with Crippen molar-refractivity contribution in [3.05, 3.63) is 28.5 Å². The number of carbonyl (C=O) groups is 1. The molecule has 0 fully saturated rings. The van der Waals surface area contributed by atoms with Gasteiger partial charge in [-0.05, 0) is 20.8 Å². The lowest BCUT2D eigenvalue weighted by Gasteiger charge is -2.19. The van der Waals surface area contributed by atoms with Crippen LogP contribution in [0.15, 0.2) is 23.7 Å². The van der Waals surface area contributed by atoms with Gasteiger partial charge in [0.1, 0.15) is 5.60 Å². The van der Waals surface area contributed by atoms with Crippen LogP contribution >= 0.6 is 11.3 Å². The molecule has 1 rings (SSSR count). The van der Waals surface area contributed by atoms with Crippen molar-refractivity contribution < 1.29 is 9.53 Å². The number of hydrogen-bond acceptors (Lipinski definition) is 4. The molecule has 5 nitrogen and oxygen atoms in total. The summed E-state index contributed by atoms with van der Waals surface area (Å²) in [5, 5.41) is 12.1. The van der Waals surface area contributed by atoms with E-state index in [0.29, 0.717) is 17.9 Å². The topological polar surface area (TPSA) is 67.1 Å². The summed E-state index contributed by atoms with van der Waals surface area (Å²) in [6.07, 6.45) is 5.19. The third-order valence-corrected chi connectivity index (χ3v) is 2.63. The Bertz CT molecular complexity index is 468. The number of nitrogens with one attached hydrogen (secondary N) is 2.